The third-order valence-corrected chi connectivity index (χ3v) is 4.74. The molecule has 2 saturated carbocycles. The Morgan fingerprint density at radius 3 is 2.41 bits per heavy atom. The molecule has 0 heterocycles. The van der Waals surface area contributed by atoms with E-state index >= 15 is 0 Å². The van der Waals surface area contributed by atoms with Crippen LogP contribution in [-0.2, 0) is 9.53 Å². The molecule has 2 heteroatoms. The SMILES string of the molecule is C=CC(=O)OCC1(C2CCCCC2)CCCC1. The van der Waals surface area contributed by atoms with Crippen LogP contribution in [0.4, 0.5) is 0 Å². The number of rotatable bonds is 4. The predicted molar refractivity (Wildman–Crippen MR) is 68.6 cm³/mol. The Morgan fingerprint density at radius 1 is 1.18 bits per heavy atom. The smallest absolute Gasteiger partial charge is 0.330 e. The van der Waals surface area contributed by atoms with Crippen molar-refractivity contribution in [1.82, 2.24) is 0 Å². The second-order valence-electron chi connectivity index (χ2n) is 5.72. The monoisotopic (exact) mass is 236 g/mol. The summed E-state index contributed by atoms with van der Waals surface area (Å²) < 4.78 is 5.37. The zero-order valence-electron chi connectivity index (χ0n) is 10.7. The van der Waals surface area contributed by atoms with Crippen molar-refractivity contribution in [1.29, 1.82) is 0 Å². The summed E-state index contributed by atoms with van der Waals surface area (Å²) in [7, 11) is 0. The molecule has 0 amide bonds. The first-order valence-electron chi connectivity index (χ1n) is 7.06. The summed E-state index contributed by atoms with van der Waals surface area (Å²) in [6, 6.07) is 0. The molecule has 0 atom stereocenters. The lowest BCUT2D eigenvalue weighted by Crippen LogP contribution is -2.34. The van der Waals surface area contributed by atoms with E-state index < -0.39 is 0 Å². The molecule has 17 heavy (non-hydrogen) atoms. The molecule has 0 N–H and O–H groups in total. The van der Waals surface area contributed by atoms with Gasteiger partial charge in [-0.25, -0.2) is 4.79 Å². The lowest BCUT2D eigenvalue weighted by atomic mass is 9.68. The van der Waals surface area contributed by atoms with Gasteiger partial charge in [-0.2, -0.15) is 0 Å². The van der Waals surface area contributed by atoms with Gasteiger partial charge in [0.15, 0.2) is 0 Å². The summed E-state index contributed by atoms with van der Waals surface area (Å²) in [4.78, 5) is 11.3. The third-order valence-electron chi connectivity index (χ3n) is 4.74. The number of hydrogen-bond acceptors (Lipinski definition) is 2. The molecule has 2 nitrogen and oxygen atoms in total. The number of ether oxygens (including phenoxy) is 1. The van der Waals surface area contributed by atoms with Crippen LogP contribution in [0.1, 0.15) is 57.8 Å². The first kappa shape index (κ1) is 12.7. The van der Waals surface area contributed by atoms with E-state index in [4.69, 9.17) is 4.74 Å². The highest BCUT2D eigenvalue weighted by Crippen LogP contribution is 2.49. The second-order valence-corrected chi connectivity index (χ2v) is 5.72. The van der Waals surface area contributed by atoms with Crippen molar-refractivity contribution in [2.45, 2.75) is 57.8 Å². The Hall–Kier alpha value is -0.790. The fourth-order valence-corrected chi connectivity index (χ4v) is 3.74. The number of carbonyl (C=O) groups is 1. The molecule has 0 aliphatic heterocycles. The van der Waals surface area contributed by atoms with E-state index in [0.29, 0.717) is 12.0 Å². The zero-order valence-corrected chi connectivity index (χ0v) is 10.7. The third kappa shape index (κ3) is 2.91. The van der Waals surface area contributed by atoms with Crippen molar-refractivity contribution in [2.75, 3.05) is 6.61 Å². The Bertz CT molecular complexity index is 271. The van der Waals surface area contributed by atoms with Gasteiger partial charge in [0.25, 0.3) is 0 Å². The maximum atomic E-state index is 11.3. The molecule has 0 saturated heterocycles. The van der Waals surface area contributed by atoms with Crippen LogP contribution in [0.25, 0.3) is 0 Å². The van der Waals surface area contributed by atoms with Crippen LogP contribution < -0.4 is 0 Å². The number of carbonyl (C=O) groups excluding carboxylic acids is 1. The average molecular weight is 236 g/mol. The fourth-order valence-electron chi connectivity index (χ4n) is 3.74. The molecule has 0 radical (unpaired) electrons. The van der Waals surface area contributed by atoms with Crippen LogP contribution in [0.5, 0.6) is 0 Å². The highest BCUT2D eigenvalue weighted by Gasteiger charge is 2.42. The van der Waals surface area contributed by atoms with Crippen LogP contribution >= 0.6 is 0 Å². The first-order chi connectivity index (χ1) is 8.27. The quantitative estimate of drug-likeness (QED) is 0.547. The molecule has 0 aromatic carbocycles. The minimum Gasteiger partial charge on any atom is -0.462 e. The van der Waals surface area contributed by atoms with E-state index in [0.717, 1.165) is 5.92 Å². The van der Waals surface area contributed by atoms with Crippen LogP contribution in [0.2, 0.25) is 0 Å². The van der Waals surface area contributed by atoms with Crippen molar-refractivity contribution >= 4 is 5.97 Å². The molecule has 2 rings (SSSR count). The van der Waals surface area contributed by atoms with Crippen LogP contribution in [0, 0.1) is 11.3 Å². The van der Waals surface area contributed by atoms with Crippen molar-refractivity contribution in [3.8, 4) is 0 Å². The van der Waals surface area contributed by atoms with Gasteiger partial charge in [-0.3, -0.25) is 0 Å². The maximum absolute atomic E-state index is 11.3. The van der Waals surface area contributed by atoms with Crippen molar-refractivity contribution < 1.29 is 9.53 Å². The van der Waals surface area contributed by atoms with E-state index in [9.17, 15) is 4.79 Å². The maximum Gasteiger partial charge on any atom is 0.330 e. The predicted octanol–water partition coefficient (Wildman–Crippen LogP) is 3.86. The van der Waals surface area contributed by atoms with E-state index in [1.165, 1.54) is 63.9 Å². The highest BCUT2D eigenvalue weighted by atomic mass is 16.5. The van der Waals surface area contributed by atoms with Gasteiger partial charge in [0.2, 0.25) is 0 Å². The van der Waals surface area contributed by atoms with Gasteiger partial charge in [-0.1, -0.05) is 38.7 Å². The van der Waals surface area contributed by atoms with Gasteiger partial charge in [0.05, 0.1) is 6.61 Å². The molecule has 96 valence electrons. The summed E-state index contributed by atoms with van der Waals surface area (Å²) in [6.45, 7) is 4.09. The summed E-state index contributed by atoms with van der Waals surface area (Å²) in [5.41, 5.74) is 0.305. The lowest BCUT2D eigenvalue weighted by molar-refractivity contribution is -0.143. The molecule has 2 fully saturated rings. The molecule has 0 unspecified atom stereocenters. The van der Waals surface area contributed by atoms with Crippen LogP contribution in [0.15, 0.2) is 12.7 Å². The molecule has 0 bridgehead atoms. The Labute approximate surface area is 104 Å². The summed E-state index contributed by atoms with van der Waals surface area (Å²) >= 11 is 0. The molecular weight excluding hydrogens is 212 g/mol. The van der Waals surface area contributed by atoms with Gasteiger partial charge in [0.1, 0.15) is 0 Å². The van der Waals surface area contributed by atoms with E-state index in [1.807, 2.05) is 0 Å². The van der Waals surface area contributed by atoms with Crippen molar-refractivity contribution in [2.24, 2.45) is 11.3 Å². The molecule has 0 spiro atoms. The summed E-state index contributed by atoms with van der Waals surface area (Å²) in [5, 5.41) is 0. The highest BCUT2D eigenvalue weighted by molar-refractivity contribution is 5.81. The second kappa shape index (κ2) is 5.70. The standard InChI is InChI=1S/C15H24O2/c1-2-14(16)17-12-15(10-6-7-11-15)13-8-4-3-5-9-13/h2,13H,1,3-12H2. The van der Waals surface area contributed by atoms with E-state index in [2.05, 4.69) is 6.58 Å². The minimum atomic E-state index is -0.257. The largest absolute Gasteiger partial charge is 0.462 e. The Morgan fingerprint density at radius 2 is 1.82 bits per heavy atom. The van der Waals surface area contributed by atoms with Gasteiger partial charge < -0.3 is 4.74 Å². The fraction of sp³-hybridized carbons (Fsp3) is 0.800. The Balaban J connectivity index is 1.98. The molecule has 2 aliphatic rings. The van der Waals surface area contributed by atoms with Gasteiger partial charge in [-0.05, 0) is 31.6 Å². The van der Waals surface area contributed by atoms with Crippen molar-refractivity contribution in [3.05, 3.63) is 12.7 Å². The molecule has 2 aliphatic carbocycles. The summed E-state index contributed by atoms with van der Waals surface area (Å²) in [6.07, 6.45) is 13.2. The number of esters is 1. The lowest BCUT2D eigenvalue weighted by Gasteiger charge is -2.39. The topological polar surface area (TPSA) is 26.3 Å². The van der Waals surface area contributed by atoms with Gasteiger partial charge in [0, 0.05) is 11.5 Å². The first-order valence-corrected chi connectivity index (χ1v) is 7.06. The molecular formula is C15H24O2. The summed E-state index contributed by atoms with van der Waals surface area (Å²) in [5.74, 6) is 0.531. The normalized spacial score (nSPS) is 24.5. The van der Waals surface area contributed by atoms with E-state index in [-0.39, 0.29) is 5.97 Å². The number of hydrogen-bond donors (Lipinski definition) is 0. The minimum absolute atomic E-state index is 0.257. The van der Waals surface area contributed by atoms with Crippen molar-refractivity contribution in [3.63, 3.8) is 0 Å². The zero-order chi connectivity index (χ0) is 12.1. The van der Waals surface area contributed by atoms with Crippen LogP contribution in [0.3, 0.4) is 0 Å². The van der Waals surface area contributed by atoms with Crippen LogP contribution in [-0.4, -0.2) is 12.6 Å². The van der Waals surface area contributed by atoms with E-state index in [1.54, 1.807) is 0 Å². The van der Waals surface area contributed by atoms with Gasteiger partial charge >= 0.3 is 5.97 Å². The Kier molecular flexibility index (Phi) is 4.25. The molecule has 0 aromatic heterocycles. The average Bonchev–Trinajstić information content (AvgIpc) is 2.87. The molecule has 0 aromatic rings. The van der Waals surface area contributed by atoms with Gasteiger partial charge in [-0.15, -0.1) is 0 Å².